The molecule has 2 aliphatic rings. The molecule has 5 heteroatoms. The van der Waals surface area contributed by atoms with Gasteiger partial charge in [0.15, 0.2) is 0 Å². The van der Waals surface area contributed by atoms with E-state index in [1.165, 1.54) is 5.56 Å². The summed E-state index contributed by atoms with van der Waals surface area (Å²) in [7, 11) is 0. The lowest BCUT2D eigenvalue weighted by Crippen LogP contribution is -2.57. The van der Waals surface area contributed by atoms with Crippen molar-refractivity contribution in [3.8, 4) is 23.0 Å². The Morgan fingerprint density at radius 2 is 1.18 bits per heavy atom. The van der Waals surface area contributed by atoms with Crippen LogP contribution < -0.4 is 30.8 Å². The van der Waals surface area contributed by atoms with Gasteiger partial charge >= 0.3 is 0 Å². The summed E-state index contributed by atoms with van der Waals surface area (Å²) in [5, 5.41) is 4.32. The summed E-state index contributed by atoms with van der Waals surface area (Å²) < 4.78 is 19.9. The fourth-order valence-corrected chi connectivity index (χ4v) is 7.68. The first-order valence-corrected chi connectivity index (χ1v) is 16.9. The Morgan fingerprint density at radius 3 is 1.90 bits per heavy atom. The fourth-order valence-electron chi connectivity index (χ4n) is 7.68. The number of hydrogen-bond donors (Lipinski definition) is 0. The van der Waals surface area contributed by atoms with Crippen LogP contribution in [0.5, 0.6) is 23.0 Å². The Balaban J connectivity index is 1.14. The first-order valence-electron chi connectivity index (χ1n) is 16.9. The van der Waals surface area contributed by atoms with Crippen molar-refractivity contribution in [3.63, 3.8) is 0 Å². The molecule has 0 amide bonds. The molecule has 0 radical (unpaired) electrons. The van der Waals surface area contributed by atoms with E-state index >= 15 is 0 Å². The van der Waals surface area contributed by atoms with Gasteiger partial charge in [-0.2, -0.15) is 0 Å². The van der Waals surface area contributed by atoms with E-state index in [2.05, 4.69) is 147 Å². The van der Waals surface area contributed by atoms with Gasteiger partial charge in [0.05, 0.1) is 0 Å². The van der Waals surface area contributed by atoms with E-state index in [0.29, 0.717) is 0 Å². The highest BCUT2D eigenvalue weighted by molar-refractivity contribution is 6.98. The number of ether oxygens (including phenoxy) is 2. The lowest BCUT2D eigenvalue weighted by atomic mass is 9.34. The van der Waals surface area contributed by atoms with Crippen LogP contribution >= 0.6 is 0 Å². The number of fused-ring (bicyclic) bond motifs is 9. The minimum Gasteiger partial charge on any atom is -0.458 e. The predicted octanol–water partition coefficient (Wildman–Crippen LogP) is 10.2. The average Bonchev–Trinajstić information content (AvgIpc) is 3.49. The first kappa shape index (κ1) is 28.1. The van der Waals surface area contributed by atoms with Crippen molar-refractivity contribution in [2.45, 2.75) is 26.2 Å². The zero-order chi connectivity index (χ0) is 32.9. The Kier molecular flexibility index (Phi) is 5.90. The van der Waals surface area contributed by atoms with Gasteiger partial charge in [-0.3, -0.25) is 0 Å². The van der Waals surface area contributed by atoms with Crippen molar-refractivity contribution in [3.05, 3.63) is 145 Å². The van der Waals surface area contributed by atoms with Crippen molar-refractivity contribution in [1.29, 1.82) is 0 Å². The topological polar surface area (TPSA) is 34.8 Å². The van der Waals surface area contributed by atoms with E-state index in [1.807, 2.05) is 18.2 Å². The normalized spacial score (nSPS) is 13.1. The van der Waals surface area contributed by atoms with Crippen LogP contribution in [0.1, 0.15) is 26.3 Å². The molecule has 1 aromatic heterocycles. The molecule has 0 saturated carbocycles. The third-order valence-corrected chi connectivity index (χ3v) is 10.1. The largest absolute Gasteiger partial charge is 0.458 e. The minimum atomic E-state index is -0.0279. The molecule has 234 valence electrons. The molecule has 0 unspecified atom stereocenters. The molecule has 10 rings (SSSR count). The second kappa shape index (κ2) is 10.3. The number of anilines is 3. The Morgan fingerprint density at radius 1 is 0.510 bits per heavy atom. The maximum absolute atomic E-state index is 6.80. The molecule has 7 aromatic carbocycles. The highest BCUT2D eigenvalue weighted by atomic mass is 16.5. The number of furan rings is 1. The minimum absolute atomic E-state index is 0.00561. The Bertz CT molecular complexity index is 2560. The van der Waals surface area contributed by atoms with Crippen molar-refractivity contribution in [2.75, 3.05) is 4.90 Å². The predicted molar refractivity (Wildman–Crippen MR) is 202 cm³/mol. The van der Waals surface area contributed by atoms with Gasteiger partial charge in [0.2, 0.25) is 0 Å². The molecule has 3 heterocycles. The highest BCUT2D eigenvalue weighted by Gasteiger charge is 2.41. The maximum atomic E-state index is 6.80. The van der Waals surface area contributed by atoms with E-state index in [0.717, 1.165) is 89.2 Å². The van der Waals surface area contributed by atoms with E-state index in [4.69, 9.17) is 13.9 Å². The molecular formula is C44H32BNO3. The number of hydrogen-bond acceptors (Lipinski definition) is 4. The summed E-state index contributed by atoms with van der Waals surface area (Å²) in [6.45, 7) is 6.73. The fraction of sp³-hybridized carbons (Fsp3) is 0.0909. The third kappa shape index (κ3) is 4.32. The number of benzene rings is 7. The van der Waals surface area contributed by atoms with Crippen LogP contribution in [0.2, 0.25) is 0 Å². The monoisotopic (exact) mass is 633 g/mol. The van der Waals surface area contributed by atoms with Gasteiger partial charge in [-0.1, -0.05) is 81.4 Å². The summed E-state index contributed by atoms with van der Waals surface area (Å²) in [6, 6.07) is 49.1. The molecule has 4 nitrogen and oxygen atoms in total. The second-order valence-corrected chi connectivity index (χ2v) is 14.2. The molecule has 0 aliphatic carbocycles. The summed E-state index contributed by atoms with van der Waals surface area (Å²) in [5.41, 5.74) is 9.64. The maximum Gasteiger partial charge on any atom is 0.260 e. The number of rotatable bonds is 3. The van der Waals surface area contributed by atoms with Crippen molar-refractivity contribution in [1.82, 2.24) is 0 Å². The Labute approximate surface area is 285 Å². The first-order chi connectivity index (χ1) is 23.9. The molecule has 0 saturated heterocycles. The van der Waals surface area contributed by atoms with Gasteiger partial charge in [0.1, 0.15) is 34.2 Å². The van der Waals surface area contributed by atoms with Crippen LogP contribution in [0.15, 0.2) is 144 Å². The van der Waals surface area contributed by atoms with Crippen LogP contribution in [-0.4, -0.2) is 6.71 Å². The van der Waals surface area contributed by atoms with Crippen molar-refractivity contribution in [2.24, 2.45) is 0 Å². The van der Waals surface area contributed by atoms with Gasteiger partial charge in [0, 0.05) is 38.7 Å². The average molecular weight is 634 g/mol. The van der Waals surface area contributed by atoms with E-state index in [9.17, 15) is 0 Å². The van der Waals surface area contributed by atoms with E-state index in [1.54, 1.807) is 0 Å². The van der Waals surface area contributed by atoms with Gasteiger partial charge in [-0.05, 0) is 106 Å². The lowest BCUT2D eigenvalue weighted by Gasteiger charge is -2.33. The van der Waals surface area contributed by atoms with Crippen LogP contribution in [0.25, 0.3) is 32.7 Å². The zero-order valence-electron chi connectivity index (χ0n) is 27.5. The second-order valence-electron chi connectivity index (χ2n) is 14.2. The van der Waals surface area contributed by atoms with E-state index in [-0.39, 0.29) is 12.1 Å². The van der Waals surface area contributed by atoms with Crippen molar-refractivity contribution >= 4 is 72.9 Å². The summed E-state index contributed by atoms with van der Waals surface area (Å²) in [4.78, 5) is 2.29. The van der Waals surface area contributed by atoms with E-state index < -0.39 is 0 Å². The van der Waals surface area contributed by atoms with Crippen LogP contribution in [0, 0.1) is 0 Å². The molecule has 0 N–H and O–H groups in total. The molecule has 8 aromatic rings. The van der Waals surface area contributed by atoms with Crippen LogP contribution in [0.3, 0.4) is 0 Å². The summed E-state index contributed by atoms with van der Waals surface area (Å²) in [6.07, 6.45) is 0. The number of para-hydroxylation sites is 2. The quantitative estimate of drug-likeness (QED) is 0.181. The number of nitrogens with zero attached hydrogens (tertiary/aromatic N) is 1. The molecule has 0 bridgehead atoms. The third-order valence-electron chi connectivity index (χ3n) is 10.1. The van der Waals surface area contributed by atoms with Gasteiger partial charge in [-0.25, -0.2) is 0 Å². The molecular weight excluding hydrogens is 601 g/mol. The molecule has 0 spiro atoms. The van der Waals surface area contributed by atoms with Gasteiger partial charge < -0.3 is 18.8 Å². The van der Waals surface area contributed by atoms with Gasteiger partial charge in [0.25, 0.3) is 6.71 Å². The highest BCUT2D eigenvalue weighted by Crippen LogP contribution is 2.42. The lowest BCUT2D eigenvalue weighted by molar-refractivity contribution is 0.464. The SMILES string of the molecule is CC(C)(C)c1ccc2c(c1)B1c3cc4oc5c6ccc(N(c7ccccc7)c7ccccc7)cc6ccc5c4cc3Oc3cccc(c31)O2. The smallest absolute Gasteiger partial charge is 0.260 e. The molecule has 49 heavy (non-hydrogen) atoms. The van der Waals surface area contributed by atoms with Crippen LogP contribution in [0.4, 0.5) is 17.1 Å². The standard InChI is InChI=1S/C44H32BNO3/c1-44(2,3)28-18-22-37-35(24-28)45-36-26-40-34(25-41(36)48-39-16-10-15-38(47-37)42(39)45)33-20-17-27-23-31(19-21-32(27)43(33)49-40)46(29-11-6-4-7-12-29)30-13-8-5-9-14-30/h4-26H,1-3H3. The molecule has 2 aliphatic heterocycles. The Hall–Kier alpha value is -5.94. The summed E-state index contributed by atoms with van der Waals surface area (Å²) >= 11 is 0. The summed E-state index contributed by atoms with van der Waals surface area (Å²) in [5.74, 6) is 3.43. The molecule has 0 fully saturated rings. The van der Waals surface area contributed by atoms with Gasteiger partial charge in [-0.15, -0.1) is 0 Å². The zero-order valence-corrected chi connectivity index (χ0v) is 27.5. The molecule has 0 atom stereocenters. The van der Waals surface area contributed by atoms with Crippen LogP contribution in [-0.2, 0) is 5.41 Å². The van der Waals surface area contributed by atoms with Crippen molar-refractivity contribution < 1.29 is 13.9 Å².